The predicted molar refractivity (Wildman–Crippen MR) is 126 cm³/mol. The van der Waals surface area contributed by atoms with E-state index in [4.69, 9.17) is 11.5 Å². The fraction of sp³-hybridized carbons (Fsp3) is 0.227. The van der Waals surface area contributed by atoms with Crippen LogP contribution in [0.1, 0.15) is 23.0 Å². The second kappa shape index (κ2) is 8.88. The van der Waals surface area contributed by atoms with Gasteiger partial charge in [0.1, 0.15) is 5.69 Å². The number of nitrogens with zero attached hydrogens (tertiary/aromatic N) is 3. The Bertz CT molecular complexity index is 1140. The molecule has 0 unspecified atom stereocenters. The van der Waals surface area contributed by atoms with Crippen LogP contribution in [0.5, 0.6) is 0 Å². The molecule has 4 rings (SSSR count). The molecule has 0 saturated carbocycles. The van der Waals surface area contributed by atoms with Crippen LogP contribution in [0.3, 0.4) is 0 Å². The van der Waals surface area contributed by atoms with Gasteiger partial charge in [-0.2, -0.15) is 5.10 Å². The van der Waals surface area contributed by atoms with Crippen molar-refractivity contribution in [3.8, 4) is 0 Å². The van der Waals surface area contributed by atoms with Gasteiger partial charge < -0.3 is 32.0 Å². The second-order valence-corrected chi connectivity index (χ2v) is 7.43. The highest BCUT2D eigenvalue weighted by molar-refractivity contribution is 6.07. The standard InChI is InChI=1S/C22H26N8O/c1-14(28-29-22(23)24)15-2-7-19-16(12-15)13-20(27-19)21(31)26-17-3-5-18(6-4-17)30-10-8-25-9-11-30/h2-7,12-13,25,27H,8-11H2,1H3,(H,26,31)(H4,23,24,29). The minimum absolute atomic E-state index is 0.0954. The molecule has 1 aromatic heterocycles. The number of guanidine groups is 1. The van der Waals surface area contributed by atoms with E-state index in [1.165, 1.54) is 0 Å². The maximum absolute atomic E-state index is 12.7. The summed E-state index contributed by atoms with van der Waals surface area (Å²) in [5, 5.41) is 14.9. The third kappa shape index (κ3) is 4.84. The number of nitrogens with one attached hydrogen (secondary N) is 3. The van der Waals surface area contributed by atoms with Crippen molar-refractivity contribution in [1.29, 1.82) is 0 Å². The Labute approximate surface area is 180 Å². The first-order chi connectivity index (χ1) is 15.0. The summed E-state index contributed by atoms with van der Waals surface area (Å²) in [5.74, 6) is -0.291. The number of aromatic amines is 1. The molecule has 31 heavy (non-hydrogen) atoms. The molecule has 1 saturated heterocycles. The smallest absolute Gasteiger partial charge is 0.272 e. The largest absolute Gasteiger partial charge is 0.369 e. The highest BCUT2D eigenvalue weighted by Crippen LogP contribution is 2.21. The third-order valence-electron chi connectivity index (χ3n) is 5.21. The van der Waals surface area contributed by atoms with Gasteiger partial charge in [-0.25, -0.2) is 0 Å². The van der Waals surface area contributed by atoms with Gasteiger partial charge in [0.15, 0.2) is 0 Å². The molecule has 1 aliphatic rings. The van der Waals surface area contributed by atoms with Gasteiger partial charge >= 0.3 is 0 Å². The van der Waals surface area contributed by atoms with Crippen LogP contribution in [0.25, 0.3) is 10.9 Å². The zero-order chi connectivity index (χ0) is 21.8. The van der Waals surface area contributed by atoms with Crippen molar-refractivity contribution in [3.63, 3.8) is 0 Å². The lowest BCUT2D eigenvalue weighted by Gasteiger charge is -2.29. The van der Waals surface area contributed by atoms with E-state index in [9.17, 15) is 4.79 Å². The van der Waals surface area contributed by atoms with Crippen molar-refractivity contribution in [3.05, 3.63) is 59.8 Å². The average Bonchev–Trinajstić information content (AvgIpc) is 3.22. The van der Waals surface area contributed by atoms with E-state index in [0.717, 1.165) is 54.0 Å². The van der Waals surface area contributed by atoms with Gasteiger partial charge in [0.2, 0.25) is 5.96 Å². The molecule has 3 aromatic rings. The number of anilines is 2. The Morgan fingerprint density at radius 2 is 1.77 bits per heavy atom. The van der Waals surface area contributed by atoms with Crippen LogP contribution in [0.15, 0.2) is 58.7 Å². The molecular formula is C22H26N8O. The van der Waals surface area contributed by atoms with Crippen LogP contribution >= 0.6 is 0 Å². The molecule has 2 heterocycles. The number of hydrogen-bond donors (Lipinski definition) is 5. The topological polar surface area (TPSA) is 137 Å². The van der Waals surface area contributed by atoms with Gasteiger partial charge in [0.05, 0.1) is 5.71 Å². The normalized spacial score (nSPS) is 14.5. The number of piperazine rings is 1. The molecule has 1 amide bonds. The Balaban J connectivity index is 1.47. The quantitative estimate of drug-likeness (QED) is 0.245. The highest BCUT2D eigenvalue weighted by Gasteiger charge is 2.13. The molecular weight excluding hydrogens is 392 g/mol. The van der Waals surface area contributed by atoms with E-state index in [2.05, 4.69) is 30.7 Å². The van der Waals surface area contributed by atoms with Gasteiger partial charge in [-0.05, 0) is 55.0 Å². The maximum Gasteiger partial charge on any atom is 0.272 e. The summed E-state index contributed by atoms with van der Waals surface area (Å²) in [6.45, 7) is 5.76. The Morgan fingerprint density at radius 3 is 2.48 bits per heavy atom. The third-order valence-corrected chi connectivity index (χ3v) is 5.21. The summed E-state index contributed by atoms with van der Waals surface area (Å²) in [6, 6.07) is 15.5. The van der Waals surface area contributed by atoms with Crippen LogP contribution in [0.4, 0.5) is 11.4 Å². The van der Waals surface area contributed by atoms with Crippen molar-refractivity contribution >= 4 is 39.9 Å². The number of amides is 1. The summed E-state index contributed by atoms with van der Waals surface area (Å²) in [7, 11) is 0. The Morgan fingerprint density at radius 1 is 1.03 bits per heavy atom. The molecule has 1 fully saturated rings. The SMILES string of the molecule is CC(=NN=C(N)N)c1ccc2[nH]c(C(=O)Nc3ccc(N4CCNCC4)cc3)cc2c1. The summed E-state index contributed by atoms with van der Waals surface area (Å²) in [6.07, 6.45) is 0. The number of nitrogens with two attached hydrogens (primary N) is 2. The molecule has 0 radical (unpaired) electrons. The van der Waals surface area contributed by atoms with Crippen LogP contribution in [-0.4, -0.2) is 48.7 Å². The number of aromatic nitrogens is 1. The lowest BCUT2D eigenvalue weighted by atomic mass is 10.1. The van der Waals surface area contributed by atoms with Crippen LogP contribution in [-0.2, 0) is 0 Å². The second-order valence-electron chi connectivity index (χ2n) is 7.43. The molecule has 2 aromatic carbocycles. The summed E-state index contributed by atoms with van der Waals surface area (Å²) in [4.78, 5) is 18.2. The molecule has 9 nitrogen and oxygen atoms in total. The number of benzene rings is 2. The number of hydrogen-bond acceptors (Lipinski definition) is 5. The van der Waals surface area contributed by atoms with E-state index in [-0.39, 0.29) is 11.9 Å². The van der Waals surface area contributed by atoms with Crippen molar-refractivity contribution in [1.82, 2.24) is 10.3 Å². The van der Waals surface area contributed by atoms with E-state index in [1.807, 2.05) is 55.5 Å². The first-order valence-electron chi connectivity index (χ1n) is 10.1. The monoisotopic (exact) mass is 418 g/mol. The van der Waals surface area contributed by atoms with E-state index in [1.54, 1.807) is 0 Å². The Kier molecular flexibility index (Phi) is 5.85. The molecule has 0 spiro atoms. The Hall–Kier alpha value is -3.85. The van der Waals surface area contributed by atoms with E-state index < -0.39 is 0 Å². The van der Waals surface area contributed by atoms with E-state index in [0.29, 0.717) is 11.4 Å². The van der Waals surface area contributed by atoms with Gasteiger partial charge in [0, 0.05) is 48.5 Å². The summed E-state index contributed by atoms with van der Waals surface area (Å²) in [5.41, 5.74) is 15.4. The van der Waals surface area contributed by atoms with Gasteiger partial charge in [0.25, 0.3) is 5.91 Å². The molecule has 9 heteroatoms. The number of rotatable bonds is 5. The van der Waals surface area contributed by atoms with Crippen LogP contribution in [0, 0.1) is 0 Å². The molecule has 0 aliphatic carbocycles. The molecule has 160 valence electrons. The lowest BCUT2D eigenvalue weighted by Crippen LogP contribution is -2.43. The minimum Gasteiger partial charge on any atom is -0.369 e. The lowest BCUT2D eigenvalue weighted by molar-refractivity contribution is 0.102. The molecule has 0 atom stereocenters. The van der Waals surface area contributed by atoms with E-state index >= 15 is 0 Å². The number of carbonyl (C=O) groups is 1. The molecule has 0 bridgehead atoms. The molecule has 1 aliphatic heterocycles. The van der Waals surface area contributed by atoms with Crippen LogP contribution in [0.2, 0.25) is 0 Å². The summed E-state index contributed by atoms with van der Waals surface area (Å²) >= 11 is 0. The number of carbonyl (C=O) groups excluding carboxylic acids is 1. The minimum atomic E-state index is -0.196. The number of fused-ring (bicyclic) bond motifs is 1. The fourth-order valence-corrected chi connectivity index (χ4v) is 3.55. The van der Waals surface area contributed by atoms with Gasteiger partial charge in [-0.3, -0.25) is 4.79 Å². The fourth-order valence-electron chi connectivity index (χ4n) is 3.55. The number of H-pyrrole nitrogens is 1. The summed E-state index contributed by atoms with van der Waals surface area (Å²) < 4.78 is 0. The van der Waals surface area contributed by atoms with Gasteiger partial charge in [-0.1, -0.05) is 6.07 Å². The molecule has 7 N–H and O–H groups in total. The average molecular weight is 419 g/mol. The first-order valence-corrected chi connectivity index (χ1v) is 10.1. The van der Waals surface area contributed by atoms with Crippen LogP contribution < -0.4 is 27.0 Å². The predicted octanol–water partition coefficient (Wildman–Crippen LogP) is 1.83. The first kappa shape index (κ1) is 20.4. The van der Waals surface area contributed by atoms with Crippen molar-refractivity contribution in [2.24, 2.45) is 21.7 Å². The van der Waals surface area contributed by atoms with Crippen molar-refractivity contribution in [2.75, 3.05) is 36.4 Å². The maximum atomic E-state index is 12.7. The zero-order valence-electron chi connectivity index (χ0n) is 17.4. The highest BCUT2D eigenvalue weighted by atomic mass is 16.1. The zero-order valence-corrected chi connectivity index (χ0v) is 17.4. The van der Waals surface area contributed by atoms with Crippen molar-refractivity contribution < 1.29 is 4.79 Å². The van der Waals surface area contributed by atoms with Gasteiger partial charge in [-0.15, -0.1) is 5.10 Å². The van der Waals surface area contributed by atoms with Crippen molar-refractivity contribution in [2.45, 2.75) is 6.92 Å².